The lowest BCUT2D eigenvalue weighted by Gasteiger charge is -2.10. The van der Waals surface area contributed by atoms with E-state index in [4.69, 9.17) is 16.3 Å². The standard InChI is InChI=1S/C18H19ClN3O/c1-12-9-13(2)21(3)17(20-12)10-14(19)11-18-22(4)15-7-5-6-8-16(15)23-18/h5-11H,1-4H3/q+1. The van der Waals surface area contributed by atoms with E-state index >= 15 is 0 Å². The number of aryl methyl sites for hydroxylation is 2. The highest BCUT2D eigenvalue weighted by molar-refractivity contribution is 6.33. The van der Waals surface area contributed by atoms with Gasteiger partial charge in [0.1, 0.15) is 5.69 Å². The highest BCUT2D eigenvalue weighted by Crippen LogP contribution is 2.37. The number of hydrogen-bond acceptors (Lipinski definition) is 3. The molecule has 1 aromatic carbocycles. The van der Waals surface area contributed by atoms with Crippen LogP contribution in [0.5, 0.6) is 5.75 Å². The van der Waals surface area contributed by atoms with E-state index in [1.165, 1.54) is 0 Å². The van der Waals surface area contributed by atoms with Crippen LogP contribution in [0.2, 0.25) is 0 Å². The molecule has 0 fully saturated rings. The summed E-state index contributed by atoms with van der Waals surface area (Å²) in [6.07, 6.45) is 3.65. The van der Waals surface area contributed by atoms with Crippen LogP contribution in [0.1, 0.15) is 17.2 Å². The Labute approximate surface area is 141 Å². The van der Waals surface area contributed by atoms with E-state index in [1.54, 1.807) is 6.08 Å². The molecule has 0 atom stereocenters. The van der Waals surface area contributed by atoms with Gasteiger partial charge in [-0.25, -0.2) is 4.57 Å². The first-order chi connectivity index (χ1) is 11.0. The summed E-state index contributed by atoms with van der Waals surface area (Å²) in [4.78, 5) is 6.50. The van der Waals surface area contributed by atoms with Gasteiger partial charge in [0.05, 0.1) is 23.8 Å². The maximum atomic E-state index is 6.40. The normalized spacial score (nSPS) is 15.8. The van der Waals surface area contributed by atoms with Crippen molar-refractivity contribution < 1.29 is 9.30 Å². The number of halogens is 1. The van der Waals surface area contributed by atoms with Gasteiger partial charge in [0.15, 0.2) is 11.4 Å². The summed E-state index contributed by atoms with van der Waals surface area (Å²) in [6, 6.07) is 9.92. The third-order valence-electron chi connectivity index (χ3n) is 3.88. The van der Waals surface area contributed by atoms with Crippen molar-refractivity contribution in [2.75, 3.05) is 11.9 Å². The topological polar surface area (TPSA) is 29.2 Å². The third-order valence-corrected chi connectivity index (χ3v) is 4.10. The Morgan fingerprint density at radius 1 is 1.30 bits per heavy atom. The van der Waals surface area contributed by atoms with Gasteiger partial charge in [-0.2, -0.15) is 0 Å². The van der Waals surface area contributed by atoms with Crippen molar-refractivity contribution in [1.29, 1.82) is 0 Å². The molecule has 1 aliphatic rings. The molecule has 23 heavy (non-hydrogen) atoms. The minimum Gasteiger partial charge on any atom is -0.439 e. The molecule has 4 nitrogen and oxygen atoms in total. The molecule has 3 rings (SSSR count). The second kappa shape index (κ2) is 6.05. The van der Waals surface area contributed by atoms with Crippen LogP contribution in [-0.4, -0.2) is 12.0 Å². The monoisotopic (exact) mass is 328 g/mol. The summed E-state index contributed by atoms with van der Waals surface area (Å²) in [5.41, 5.74) is 3.12. The van der Waals surface area contributed by atoms with Crippen LogP contribution < -0.4 is 14.2 Å². The van der Waals surface area contributed by atoms with Crippen molar-refractivity contribution in [1.82, 2.24) is 4.98 Å². The Bertz CT molecular complexity index is 827. The molecular formula is C18H19ClN3O+. The van der Waals surface area contributed by atoms with Crippen molar-refractivity contribution in [3.63, 3.8) is 0 Å². The number of rotatable bonds is 2. The van der Waals surface area contributed by atoms with Crippen LogP contribution in [0.15, 0.2) is 47.3 Å². The zero-order valence-electron chi connectivity index (χ0n) is 13.7. The molecule has 1 aromatic heterocycles. The van der Waals surface area contributed by atoms with E-state index < -0.39 is 0 Å². The molecule has 0 saturated carbocycles. The van der Waals surface area contributed by atoms with Crippen LogP contribution in [0.25, 0.3) is 6.08 Å². The molecule has 5 heteroatoms. The SMILES string of the molecule is Cc1cc(C)[n+](C)c(C=C(Cl)C=C2Oc3ccccc3N2C)n1. The Hall–Kier alpha value is -2.33. The second-order valence-electron chi connectivity index (χ2n) is 5.60. The molecular weight excluding hydrogens is 310 g/mol. The van der Waals surface area contributed by atoms with Crippen molar-refractivity contribution in [2.24, 2.45) is 7.05 Å². The third kappa shape index (κ3) is 3.08. The van der Waals surface area contributed by atoms with Crippen molar-refractivity contribution in [3.8, 4) is 5.75 Å². The molecule has 1 aliphatic heterocycles. The van der Waals surface area contributed by atoms with Gasteiger partial charge in [0.25, 0.3) is 0 Å². The molecule has 0 radical (unpaired) electrons. The minimum atomic E-state index is 0.563. The number of ether oxygens (including phenoxy) is 1. The molecule has 2 heterocycles. The lowest BCUT2D eigenvalue weighted by molar-refractivity contribution is -0.682. The van der Waals surface area contributed by atoms with Gasteiger partial charge >= 0.3 is 5.82 Å². The molecule has 0 unspecified atom stereocenters. The van der Waals surface area contributed by atoms with E-state index in [1.807, 2.05) is 73.8 Å². The van der Waals surface area contributed by atoms with Gasteiger partial charge in [0, 0.05) is 26.1 Å². The quantitative estimate of drug-likeness (QED) is 0.790. The van der Waals surface area contributed by atoms with E-state index in [9.17, 15) is 0 Å². The van der Waals surface area contributed by atoms with Gasteiger partial charge < -0.3 is 9.64 Å². The molecule has 0 saturated heterocycles. The second-order valence-corrected chi connectivity index (χ2v) is 6.03. The number of hydrogen-bond donors (Lipinski definition) is 0. The first-order valence-electron chi connectivity index (χ1n) is 7.39. The summed E-state index contributed by atoms with van der Waals surface area (Å²) in [5, 5.41) is 0.563. The molecule has 0 spiro atoms. The zero-order valence-corrected chi connectivity index (χ0v) is 14.4. The van der Waals surface area contributed by atoms with Gasteiger partial charge in [-0.05, 0) is 24.0 Å². The van der Waals surface area contributed by atoms with Crippen molar-refractivity contribution >= 4 is 23.4 Å². The average molecular weight is 329 g/mol. The van der Waals surface area contributed by atoms with Gasteiger partial charge in [0.2, 0.25) is 5.88 Å². The molecule has 0 amide bonds. The van der Waals surface area contributed by atoms with Crippen LogP contribution in [0, 0.1) is 13.8 Å². The lowest BCUT2D eigenvalue weighted by atomic mass is 10.3. The fraction of sp³-hybridized carbons (Fsp3) is 0.222. The predicted octanol–water partition coefficient (Wildman–Crippen LogP) is 3.47. The summed E-state index contributed by atoms with van der Waals surface area (Å²) >= 11 is 6.40. The van der Waals surface area contributed by atoms with Crippen LogP contribution in [-0.2, 0) is 7.05 Å². The average Bonchev–Trinajstić information content (AvgIpc) is 2.81. The number of benzene rings is 1. The Balaban J connectivity index is 1.92. The summed E-state index contributed by atoms with van der Waals surface area (Å²) in [5.74, 6) is 2.34. The number of aromatic nitrogens is 2. The Morgan fingerprint density at radius 3 is 2.78 bits per heavy atom. The number of allylic oxidation sites excluding steroid dienone is 2. The summed E-state index contributed by atoms with van der Waals surface area (Å²) in [7, 11) is 3.93. The number of para-hydroxylation sites is 2. The van der Waals surface area contributed by atoms with Crippen molar-refractivity contribution in [2.45, 2.75) is 13.8 Å². The molecule has 2 aromatic rings. The van der Waals surface area contributed by atoms with E-state index in [0.717, 1.165) is 28.6 Å². The van der Waals surface area contributed by atoms with E-state index in [0.29, 0.717) is 10.9 Å². The minimum absolute atomic E-state index is 0.563. The first kappa shape index (κ1) is 15.6. The zero-order chi connectivity index (χ0) is 16.6. The van der Waals surface area contributed by atoms with Crippen LogP contribution in [0.4, 0.5) is 5.69 Å². The highest BCUT2D eigenvalue weighted by atomic mass is 35.5. The van der Waals surface area contributed by atoms with Gasteiger partial charge in [-0.15, -0.1) is 0 Å². The van der Waals surface area contributed by atoms with E-state index in [2.05, 4.69) is 4.98 Å². The van der Waals surface area contributed by atoms with Gasteiger partial charge in [-0.3, -0.25) is 0 Å². The summed E-state index contributed by atoms with van der Waals surface area (Å²) < 4.78 is 7.84. The predicted molar refractivity (Wildman–Crippen MR) is 92.3 cm³/mol. The van der Waals surface area contributed by atoms with Crippen LogP contribution in [0.3, 0.4) is 0 Å². The molecule has 118 valence electrons. The number of anilines is 1. The van der Waals surface area contributed by atoms with Crippen LogP contribution >= 0.6 is 11.6 Å². The largest absolute Gasteiger partial charge is 0.439 e. The highest BCUT2D eigenvalue weighted by Gasteiger charge is 2.22. The summed E-state index contributed by atoms with van der Waals surface area (Å²) in [6.45, 7) is 4.02. The smallest absolute Gasteiger partial charge is 0.324 e. The Kier molecular flexibility index (Phi) is 4.09. The number of nitrogens with zero attached hydrogens (tertiary/aromatic N) is 3. The maximum absolute atomic E-state index is 6.40. The molecule has 0 aliphatic carbocycles. The van der Waals surface area contributed by atoms with Crippen molar-refractivity contribution in [3.05, 3.63) is 64.5 Å². The fourth-order valence-corrected chi connectivity index (χ4v) is 2.72. The van der Waals surface area contributed by atoms with E-state index in [-0.39, 0.29) is 0 Å². The number of fused-ring (bicyclic) bond motifs is 1. The van der Waals surface area contributed by atoms with Gasteiger partial charge in [-0.1, -0.05) is 23.7 Å². The first-order valence-corrected chi connectivity index (χ1v) is 7.77. The molecule has 0 N–H and O–H groups in total. The lowest BCUT2D eigenvalue weighted by Crippen LogP contribution is -2.37. The maximum Gasteiger partial charge on any atom is 0.324 e. The fourth-order valence-electron chi connectivity index (χ4n) is 2.53. The molecule has 0 bridgehead atoms. The Morgan fingerprint density at radius 2 is 2.04 bits per heavy atom.